The SMILES string of the molecule is COC(=O)NN(C)C(=O)c1cc(Cl)cc(C)c1NC(=O)c1cc(C(F)(F)F)nn1-c1ncccc1Cl. The third kappa shape index (κ3) is 5.69. The van der Waals surface area contributed by atoms with Crippen molar-refractivity contribution in [3.05, 3.63) is 69.1 Å². The summed E-state index contributed by atoms with van der Waals surface area (Å²) in [5, 5.41) is 6.75. The fraction of sp³-hybridized carbons (Fsp3) is 0.190. The van der Waals surface area contributed by atoms with Crippen molar-refractivity contribution in [2.75, 3.05) is 19.5 Å². The van der Waals surface area contributed by atoms with Gasteiger partial charge in [-0.05, 0) is 36.8 Å². The van der Waals surface area contributed by atoms with Crippen LogP contribution in [0.4, 0.5) is 23.7 Å². The van der Waals surface area contributed by atoms with E-state index in [0.29, 0.717) is 16.3 Å². The van der Waals surface area contributed by atoms with Crippen LogP contribution in [0.1, 0.15) is 32.1 Å². The van der Waals surface area contributed by atoms with Gasteiger partial charge in [-0.25, -0.2) is 19.9 Å². The second-order valence-corrected chi connectivity index (χ2v) is 8.04. The number of hydrazine groups is 1. The lowest BCUT2D eigenvalue weighted by Gasteiger charge is -2.20. The Hall–Kier alpha value is -3.84. The number of carbonyl (C=O) groups excluding carboxylic acids is 3. The highest BCUT2D eigenvalue weighted by Crippen LogP contribution is 2.32. The van der Waals surface area contributed by atoms with Gasteiger partial charge in [-0.3, -0.25) is 14.6 Å². The van der Waals surface area contributed by atoms with E-state index in [4.69, 9.17) is 23.2 Å². The summed E-state index contributed by atoms with van der Waals surface area (Å²) in [4.78, 5) is 41.6. The number of rotatable bonds is 4. The maximum Gasteiger partial charge on any atom is 0.435 e. The molecule has 3 amide bonds. The van der Waals surface area contributed by atoms with E-state index >= 15 is 0 Å². The number of pyridine rings is 1. The number of amides is 3. The maximum atomic E-state index is 13.4. The van der Waals surface area contributed by atoms with Crippen molar-refractivity contribution < 1.29 is 32.3 Å². The number of nitrogens with one attached hydrogen (secondary N) is 2. The lowest BCUT2D eigenvalue weighted by atomic mass is 10.1. The number of hydrogen-bond donors (Lipinski definition) is 2. The van der Waals surface area contributed by atoms with E-state index in [1.807, 2.05) is 0 Å². The molecule has 1 aromatic carbocycles. The van der Waals surface area contributed by atoms with E-state index in [1.54, 1.807) is 0 Å². The first kappa shape index (κ1) is 26.8. The summed E-state index contributed by atoms with van der Waals surface area (Å²) in [5.41, 5.74) is 0.300. The van der Waals surface area contributed by atoms with Crippen LogP contribution >= 0.6 is 23.2 Å². The summed E-state index contributed by atoms with van der Waals surface area (Å²) < 4.78 is 45.3. The fourth-order valence-corrected chi connectivity index (χ4v) is 3.52. The molecule has 0 aliphatic rings. The molecule has 2 aromatic heterocycles. The van der Waals surface area contributed by atoms with Gasteiger partial charge in [0.25, 0.3) is 11.8 Å². The Kier molecular flexibility index (Phi) is 7.74. The first-order chi connectivity index (χ1) is 16.8. The van der Waals surface area contributed by atoms with Gasteiger partial charge >= 0.3 is 12.3 Å². The summed E-state index contributed by atoms with van der Waals surface area (Å²) >= 11 is 12.1. The van der Waals surface area contributed by atoms with Crippen LogP contribution in [0.15, 0.2) is 36.5 Å². The summed E-state index contributed by atoms with van der Waals surface area (Å²) in [6.07, 6.45) is -4.55. The first-order valence-electron chi connectivity index (χ1n) is 9.85. The fourth-order valence-electron chi connectivity index (χ4n) is 3.05. The highest BCUT2D eigenvalue weighted by molar-refractivity contribution is 6.32. The third-order valence-electron chi connectivity index (χ3n) is 4.69. The second kappa shape index (κ2) is 10.4. The molecule has 0 radical (unpaired) electrons. The van der Waals surface area contributed by atoms with Crippen LogP contribution in [0.3, 0.4) is 0 Å². The Morgan fingerprint density at radius 3 is 2.47 bits per heavy atom. The van der Waals surface area contributed by atoms with E-state index in [1.165, 1.54) is 44.4 Å². The number of ether oxygens (including phenoxy) is 1. The van der Waals surface area contributed by atoms with Crippen molar-refractivity contribution in [3.63, 3.8) is 0 Å². The predicted octanol–water partition coefficient (Wildman–Crippen LogP) is 4.50. The van der Waals surface area contributed by atoms with Crippen LogP contribution in [-0.2, 0) is 10.9 Å². The monoisotopic (exact) mass is 544 g/mol. The van der Waals surface area contributed by atoms with Crippen LogP contribution < -0.4 is 10.7 Å². The molecule has 15 heteroatoms. The zero-order valence-electron chi connectivity index (χ0n) is 18.8. The van der Waals surface area contributed by atoms with Gasteiger partial charge in [0.2, 0.25) is 0 Å². The molecule has 0 atom stereocenters. The minimum Gasteiger partial charge on any atom is -0.452 e. The topological polar surface area (TPSA) is 118 Å². The van der Waals surface area contributed by atoms with Gasteiger partial charge in [0, 0.05) is 24.3 Å². The zero-order valence-corrected chi connectivity index (χ0v) is 20.3. The molecule has 36 heavy (non-hydrogen) atoms. The minimum atomic E-state index is -4.87. The Morgan fingerprint density at radius 1 is 1.17 bits per heavy atom. The van der Waals surface area contributed by atoms with Gasteiger partial charge in [0.1, 0.15) is 5.69 Å². The molecule has 0 saturated heterocycles. The van der Waals surface area contributed by atoms with Gasteiger partial charge in [0.15, 0.2) is 11.5 Å². The van der Waals surface area contributed by atoms with Gasteiger partial charge in [-0.15, -0.1) is 0 Å². The number of aryl methyl sites for hydroxylation is 1. The largest absolute Gasteiger partial charge is 0.452 e. The standard InChI is InChI=1S/C21H17Cl2F3N6O4/c1-10-7-11(22)8-12(19(34)31(2)30-20(35)36-3)16(10)28-18(33)14-9-15(21(24,25)26)29-32(14)17-13(23)5-4-6-27-17/h4-9H,1-3H3,(H,28,33)(H,30,35). The highest BCUT2D eigenvalue weighted by Gasteiger charge is 2.37. The van der Waals surface area contributed by atoms with Crippen LogP contribution in [0.5, 0.6) is 0 Å². The highest BCUT2D eigenvalue weighted by atomic mass is 35.5. The maximum absolute atomic E-state index is 13.4. The average molecular weight is 545 g/mol. The molecule has 0 aliphatic heterocycles. The van der Waals surface area contributed by atoms with Crippen LogP contribution in [0, 0.1) is 6.92 Å². The van der Waals surface area contributed by atoms with Gasteiger partial charge < -0.3 is 10.1 Å². The summed E-state index contributed by atoms with van der Waals surface area (Å²) in [6, 6.07) is 5.99. The van der Waals surface area contributed by atoms with Gasteiger partial charge in [-0.1, -0.05) is 23.2 Å². The predicted molar refractivity (Wildman–Crippen MR) is 123 cm³/mol. The summed E-state index contributed by atoms with van der Waals surface area (Å²) in [5.74, 6) is -2.08. The molecule has 0 spiro atoms. The molecular formula is C21H17Cl2F3N6O4. The molecule has 0 fully saturated rings. The van der Waals surface area contributed by atoms with Gasteiger partial charge in [0.05, 0.1) is 23.4 Å². The normalized spacial score (nSPS) is 11.1. The zero-order chi connectivity index (χ0) is 26.8. The number of carbonyl (C=O) groups is 3. The molecule has 2 N–H and O–H groups in total. The molecular weight excluding hydrogens is 528 g/mol. The van der Waals surface area contributed by atoms with Crippen molar-refractivity contribution in [1.29, 1.82) is 0 Å². The van der Waals surface area contributed by atoms with E-state index in [0.717, 1.165) is 12.1 Å². The van der Waals surface area contributed by atoms with E-state index in [2.05, 4.69) is 25.6 Å². The Morgan fingerprint density at radius 2 is 1.86 bits per heavy atom. The summed E-state index contributed by atoms with van der Waals surface area (Å²) in [6.45, 7) is 1.51. The molecule has 0 unspecified atom stereocenters. The summed E-state index contributed by atoms with van der Waals surface area (Å²) in [7, 11) is 2.31. The quantitative estimate of drug-likeness (QED) is 0.467. The Balaban J connectivity index is 2.07. The first-order valence-corrected chi connectivity index (χ1v) is 10.6. The molecule has 190 valence electrons. The molecule has 10 nitrogen and oxygen atoms in total. The molecule has 2 heterocycles. The number of alkyl halides is 3. The van der Waals surface area contributed by atoms with Crippen molar-refractivity contribution in [3.8, 4) is 5.82 Å². The van der Waals surface area contributed by atoms with E-state index in [-0.39, 0.29) is 27.1 Å². The molecule has 0 saturated carbocycles. The number of halogens is 5. The van der Waals surface area contributed by atoms with Crippen LogP contribution in [-0.4, -0.2) is 51.8 Å². The molecule has 0 bridgehead atoms. The molecule has 3 aromatic rings. The lowest BCUT2D eigenvalue weighted by molar-refractivity contribution is -0.141. The smallest absolute Gasteiger partial charge is 0.435 e. The Bertz CT molecular complexity index is 1350. The van der Waals surface area contributed by atoms with Crippen molar-refractivity contribution in [2.45, 2.75) is 13.1 Å². The van der Waals surface area contributed by atoms with Crippen LogP contribution in [0.2, 0.25) is 10.0 Å². The number of anilines is 1. The van der Waals surface area contributed by atoms with E-state index < -0.39 is 35.5 Å². The number of aromatic nitrogens is 3. The number of nitrogens with zero attached hydrogens (tertiary/aromatic N) is 4. The third-order valence-corrected chi connectivity index (χ3v) is 5.20. The van der Waals surface area contributed by atoms with Crippen molar-refractivity contribution >= 4 is 46.8 Å². The van der Waals surface area contributed by atoms with Crippen molar-refractivity contribution in [2.24, 2.45) is 0 Å². The number of benzene rings is 1. The van der Waals surface area contributed by atoms with Crippen LogP contribution in [0.25, 0.3) is 5.82 Å². The minimum absolute atomic E-state index is 0.0579. The van der Waals surface area contributed by atoms with E-state index in [9.17, 15) is 27.6 Å². The second-order valence-electron chi connectivity index (χ2n) is 7.20. The number of hydrogen-bond acceptors (Lipinski definition) is 6. The number of methoxy groups -OCH3 is 1. The molecule has 0 aliphatic carbocycles. The molecule has 3 rings (SSSR count). The average Bonchev–Trinajstić information content (AvgIpc) is 3.26. The Labute approximate surface area is 211 Å². The lowest BCUT2D eigenvalue weighted by Crippen LogP contribution is -2.43. The van der Waals surface area contributed by atoms with Crippen molar-refractivity contribution in [1.82, 2.24) is 25.2 Å². The van der Waals surface area contributed by atoms with Gasteiger partial charge in [-0.2, -0.15) is 18.3 Å².